The van der Waals surface area contributed by atoms with Gasteiger partial charge in [-0.05, 0) is 49.2 Å². The van der Waals surface area contributed by atoms with Crippen LogP contribution in [0.3, 0.4) is 0 Å². The van der Waals surface area contributed by atoms with Gasteiger partial charge in [0.05, 0.1) is 5.97 Å². The summed E-state index contributed by atoms with van der Waals surface area (Å²) in [6.07, 6.45) is 2.33. The van der Waals surface area contributed by atoms with Crippen molar-refractivity contribution < 1.29 is 14.6 Å². The Balaban J connectivity index is 1.87. The SMILES string of the molecule is O=C([O-])c1ccc(OCC2CCCN2)cc1. The van der Waals surface area contributed by atoms with Crippen LogP contribution in [0.1, 0.15) is 23.2 Å². The maximum absolute atomic E-state index is 10.5. The summed E-state index contributed by atoms with van der Waals surface area (Å²) in [5.41, 5.74) is 0.173. The van der Waals surface area contributed by atoms with E-state index >= 15 is 0 Å². The van der Waals surface area contributed by atoms with E-state index in [4.69, 9.17) is 4.74 Å². The second-order valence-electron chi connectivity index (χ2n) is 3.92. The van der Waals surface area contributed by atoms with Gasteiger partial charge in [0.15, 0.2) is 0 Å². The van der Waals surface area contributed by atoms with Crippen LogP contribution in [0, 0.1) is 0 Å². The van der Waals surface area contributed by atoms with Crippen LogP contribution < -0.4 is 15.2 Å². The first-order valence-electron chi connectivity index (χ1n) is 5.43. The van der Waals surface area contributed by atoms with E-state index in [9.17, 15) is 9.90 Å². The van der Waals surface area contributed by atoms with Crippen LogP contribution in [0.5, 0.6) is 5.75 Å². The van der Waals surface area contributed by atoms with E-state index in [1.165, 1.54) is 18.6 Å². The van der Waals surface area contributed by atoms with Crippen LogP contribution in [-0.4, -0.2) is 25.2 Å². The van der Waals surface area contributed by atoms with E-state index in [0.29, 0.717) is 18.4 Å². The minimum atomic E-state index is -1.16. The molecule has 0 aliphatic carbocycles. The fourth-order valence-corrected chi connectivity index (χ4v) is 1.78. The molecule has 4 nitrogen and oxygen atoms in total. The number of ether oxygens (including phenoxy) is 1. The Hall–Kier alpha value is -1.55. The molecule has 1 aliphatic heterocycles. The first-order valence-corrected chi connectivity index (χ1v) is 5.43. The predicted octanol–water partition coefficient (Wildman–Crippen LogP) is 0.181. The average molecular weight is 220 g/mol. The Morgan fingerprint density at radius 1 is 1.44 bits per heavy atom. The van der Waals surface area contributed by atoms with Crippen molar-refractivity contribution in [1.29, 1.82) is 0 Å². The minimum absolute atomic E-state index is 0.173. The monoisotopic (exact) mass is 220 g/mol. The highest BCUT2D eigenvalue weighted by Gasteiger charge is 2.14. The quantitative estimate of drug-likeness (QED) is 0.786. The van der Waals surface area contributed by atoms with Crippen LogP contribution in [0.25, 0.3) is 0 Å². The van der Waals surface area contributed by atoms with Crippen LogP contribution in [0.2, 0.25) is 0 Å². The van der Waals surface area contributed by atoms with Crippen molar-refractivity contribution in [2.45, 2.75) is 18.9 Å². The molecule has 0 saturated carbocycles. The number of carbonyl (C=O) groups excluding carboxylic acids is 1. The molecule has 0 bridgehead atoms. The van der Waals surface area contributed by atoms with E-state index in [1.807, 2.05) is 0 Å². The molecule has 86 valence electrons. The van der Waals surface area contributed by atoms with Crippen molar-refractivity contribution in [1.82, 2.24) is 5.32 Å². The summed E-state index contributed by atoms with van der Waals surface area (Å²) < 4.78 is 5.55. The molecule has 1 aromatic carbocycles. The molecule has 0 amide bonds. The van der Waals surface area contributed by atoms with Crippen molar-refractivity contribution >= 4 is 5.97 Å². The molecule has 1 fully saturated rings. The molecule has 1 atom stereocenters. The van der Waals surface area contributed by atoms with Gasteiger partial charge in [0, 0.05) is 6.04 Å². The van der Waals surface area contributed by atoms with Crippen molar-refractivity contribution in [2.75, 3.05) is 13.2 Å². The van der Waals surface area contributed by atoms with E-state index in [2.05, 4.69) is 5.32 Å². The molecule has 1 heterocycles. The summed E-state index contributed by atoms with van der Waals surface area (Å²) in [5.74, 6) is -0.470. The molecule has 1 aromatic rings. The van der Waals surface area contributed by atoms with Crippen molar-refractivity contribution in [3.05, 3.63) is 29.8 Å². The van der Waals surface area contributed by atoms with Gasteiger partial charge in [-0.3, -0.25) is 0 Å². The minimum Gasteiger partial charge on any atom is -0.545 e. The van der Waals surface area contributed by atoms with Crippen molar-refractivity contribution in [2.24, 2.45) is 0 Å². The molecule has 16 heavy (non-hydrogen) atoms. The number of hydrogen-bond acceptors (Lipinski definition) is 4. The summed E-state index contributed by atoms with van der Waals surface area (Å²) in [6.45, 7) is 1.68. The van der Waals surface area contributed by atoms with E-state index in [1.54, 1.807) is 12.1 Å². The Morgan fingerprint density at radius 2 is 2.19 bits per heavy atom. The van der Waals surface area contributed by atoms with E-state index < -0.39 is 5.97 Å². The van der Waals surface area contributed by atoms with Gasteiger partial charge in [-0.1, -0.05) is 0 Å². The summed E-state index contributed by atoms with van der Waals surface area (Å²) in [7, 11) is 0. The molecule has 0 spiro atoms. The van der Waals surface area contributed by atoms with Gasteiger partial charge in [-0.15, -0.1) is 0 Å². The molecule has 4 heteroatoms. The van der Waals surface area contributed by atoms with Gasteiger partial charge >= 0.3 is 0 Å². The van der Waals surface area contributed by atoms with Gasteiger partial charge < -0.3 is 20.0 Å². The number of carbonyl (C=O) groups is 1. The maximum atomic E-state index is 10.5. The number of aromatic carboxylic acids is 1. The lowest BCUT2D eigenvalue weighted by Crippen LogP contribution is -2.28. The number of rotatable bonds is 4. The molecule has 2 rings (SSSR count). The van der Waals surface area contributed by atoms with Gasteiger partial charge in [-0.2, -0.15) is 0 Å². The highest BCUT2D eigenvalue weighted by molar-refractivity contribution is 5.85. The van der Waals surface area contributed by atoms with Crippen LogP contribution in [-0.2, 0) is 0 Å². The van der Waals surface area contributed by atoms with Crippen molar-refractivity contribution in [3.63, 3.8) is 0 Å². The normalized spacial score (nSPS) is 19.6. The third-order valence-corrected chi connectivity index (χ3v) is 2.70. The summed E-state index contributed by atoms with van der Waals surface area (Å²) >= 11 is 0. The molecule has 0 radical (unpaired) electrons. The van der Waals surface area contributed by atoms with Gasteiger partial charge in [0.2, 0.25) is 0 Å². The van der Waals surface area contributed by atoms with E-state index in [0.717, 1.165) is 13.0 Å². The number of benzene rings is 1. The molecule has 1 saturated heterocycles. The average Bonchev–Trinajstić information content (AvgIpc) is 2.80. The van der Waals surface area contributed by atoms with Crippen LogP contribution in [0.4, 0.5) is 0 Å². The standard InChI is InChI=1S/C12H15NO3/c14-12(15)9-3-5-11(6-4-9)16-8-10-2-1-7-13-10/h3-6,10,13H,1-2,7-8H2,(H,14,15)/p-1. The molecule has 0 aromatic heterocycles. The highest BCUT2D eigenvalue weighted by Crippen LogP contribution is 2.13. The van der Waals surface area contributed by atoms with Crippen LogP contribution >= 0.6 is 0 Å². The molecular weight excluding hydrogens is 206 g/mol. The Labute approximate surface area is 94.2 Å². The zero-order valence-electron chi connectivity index (χ0n) is 8.94. The van der Waals surface area contributed by atoms with Crippen LogP contribution in [0.15, 0.2) is 24.3 Å². The maximum Gasteiger partial charge on any atom is 0.119 e. The fourth-order valence-electron chi connectivity index (χ4n) is 1.78. The fraction of sp³-hybridized carbons (Fsp3) is 0.417. The number of nitrogens with one attached hydrogen (secondary N) is 1. The number of carboxylic acid groups (broad SMARTS) is 1. The first-order chi connectivity index (χ1) is 7.75. The third-order valence-electron chi connectivity index (χ3n) is 2.70. The lowest BCUT2D eigenvalue weighted by atomic mass is 10.2. The second kappa shape index (κ2) is 4.99. The largest absolute Gasteiger partial charge is 0.545 e. The highest BCUT2D eigenvalue weighted by atomic mass is 16.5. The van der Waals surface area contributed by atoms with Gasteiger partial charge in [0.1, 0.15) is 12.4 Å². The number of carboxylic acids is 1. The second-order valence-corrected chi connectivity index (χ2v) is 3.92. The topological polar surface area (TPSA) is 61.4 Å². The Kier molecular flexibility index (Phi) is 3.41. The first kappa shape index (κ1) is 11.0. The number of hydrogen-bond donors (Lipinski definition) is 1. The predicted molar refractivity (Wildman–Crippen MR) is 57.3 cm³/mol. The molecule has 1 aliphatic rings. The summed E-state index contributed by atoms with van der Waals surface area (Å²) in [4.78, 5) is 10.5. The molecular formula is C12H14NO3-. The Morgan fingerprint density at radius 3 is 2.75 bits per heavy atom. The molecule has 1 unspecified atom stereocenters. The molecule has 1 N–H and O–H groups in total. The summed E-state index contributed by atoms with van der Waals surface area (Å²) in [5, 5.41) is 13.8. The van der Waals surface area contributed by atoms with E-state index in [-0.39, 0.29) is 5.56 Å². The van der Waals surface area contributed by atoms with Gasteiger partial charge in [-0.25, -0.2) is 0 Å². The zero-order valence-corrected chi connectivity index (χ0v) is 8.94. The lowest BCUT2D eigenvalue weighted by Gasteiger charge is -2.12. The smallest absolute Gasteiger partial charge is 0.119 e. The third kappa shape index (κ3) is 2.73. The van der Waals surface area contributed by atoms with Crippen molar-refractivity contribution in [3.8, 4) is 5.75 Å². The summed E-state index contributed by atoms with van der Waals surface area (Å²) in [6, 6.07) is 6.71. The van der Waals surface area contributed by atoms with Gasteiger partial charge in [0.25, 0.3) is 0 Å². The lowest BCUT2D eigenvalue weighted by molar-refractivity contribution is -0.255. The Bertz CT molecular complexity index is 355. The zero-order chi connectivity index (χ0) is 11.4.